The van der Waals surface area contributed by atoms with Crippen molar-refractivity contribution in [3.05, 3.63) is 187 Å². The lowest BCUT2D eigenvalue weighted by Crippen LogP contribution is -1.96. The van der Waals surface area contributed by atoms with Gasteiger partial charge in [-0.15, -0.1) is 0 Å². The Bertz CT molecular complexity index is 2290. The highest BCUT2D eigenvalue weighted by molar-refractivity contribution is 6.07. The first-order valence-corrected chi connectivity index (χ1v) is 16.6. The molecule has 0 N–H and O–H groups in total. The Hall–Kier alpha value is -5.73. The van der Waals surface area contributed by atoms with Gasteiger partial charge in [0.15, 0.2) is 0 Å². The van der Waals surface area contributed by atoms with Gasteiger partial charge in [0.1, 0.15) is 17.0 Å². The molecule has 48 heavy (non-hydrogen) atoms. The summed E-state index contributed by atoms with van der Waals surface area (Å²) in [6.45, 7) is 6.15. The van der Waals surface area contributed by atoms with Crippen LogP contribution in [-0.2, 0) is 12.8 Å². The van der Waals surface area contributed by atoms with Crippen LogP contribution in [0.5, 0.6) is 0 Å². The minimum atomic E-state index is -0.244. The van der Waals surface area contributed by atoms with Gasteiger partial charge in [-0.2, -0.15) is 0 Å². The van der Waals surface area contributed by atoms with Crippen LogP contribution in [0.4, 0.5) is 4.39 Å². The molecule has 7 rings (SSSR count). The third-order valence-electron chi connectivity index (χ3n) is 8.99. The van der Waals surface area contributed by atoms with Gasteiger partial charge in [0.2, 0.25) is 0 Å². The Morgan fingerprint density at radius 2 is 1.40 bits per heavy atom. The predicted molar refractivity (Wildman–Crippen MR) is 201 cm³/mol. The molecule has 0 atom stereocenters. The summed E-state index contributed by atoms with van der Waals surface area (Å²) in [5.74, 6) is -0.244. The van der Waals surface area contributed by atoms with E-state index in [4.69, 9.17) is 4.42 Å². The maximum atomic E-state index is 16.2. The van der Waals surface area contributed by atoms with Crippen LogP contribution in [0.2, 0.25) is 0 Å². The largest absolute Gasteiger partial charge is 0.456 e. The number of halogens is 1. The van der Waals surface area contributed by atoms with Crippen molar-refractivity contribution in [2.75, 3.05) is 0 Å². The van der Waals surface area contributed by atoms with E-state index in [2.05, 4.69) is 105 Å². The smallest absolute Gasteiger partial charge is 0.138 e. The molecule has 0 aliphatic rings. The van der Waals surface area contributed by atoms with Gasteiger partial charge in [-0.3, -0.25) is 0 Å². The van der Waals surface area contributed by atoms with E-state index in [1.165, 1.54) is 5.56 Å². The van der Waals surface area contributed by atoms with Crippen LogP contribution >= 0.6 is 0 Å². The van der Waals surface area contributed by atoms with Gasteiger partial charge < -0.3 is 4.42 Å². The summed E-state index contributed by atoms with van der Waals surface area (Å²) in [7, 11) is 0. The number of para-hydroxylation sites is 1. The van der Waals surface area contributed by atoms with Gasteiger partial charge in [-0.05, 0) is 81.1 Å². The first-order chi connectivity index (χ1) is 23.6. The number of benzene rings is 6. The maximum Gasteiger partial charge on any atom is 0.138 e. The van der Waals surface area contributed by atoms with Crippen molar-refractivity contribution < 1.29 is 8.81 Å². The van der Waals surface area contributed by atoms with Crippen molar-refractivity contribution in [3.63, 3.8) is 0 Å². The normalized spacial score (nSPS) is 11.9. The van der Waals surface area contributed by atoms with Gasteiger partial charge in [0, 0.05) is 16.3 Å². The second kappa shape index (κ2) is 13.9. The lowest BCUT2D eigenvalue weighted by Gasteiger charge is -2.16. The molecule has 2 heteroatoms. The van der Waals surface area contributed by atoms with Crippen molar-refractivity contribution >= 4 is 27.5 Å². The molecule has 7 aromatic rings. The number of rotatable bonds is 10. The minimum absolute atomic E-state index is 0.244. The third-order valence-corrected chi connectivity index (χ3v) is 8.99. The van der Waals surface area contributed by atoms with Crippen molar-refractivity contribution in [2.24, 2.45) is 0 Å². The van der Waals surface area contributed by atoms with Crippen LogP contribution in [0.3, 0.4) is 0 Å². The maximum absolute atomic E-state index is 16.2. The molecule has 1 heterocycles. The standard InChI is InChI=1S/C46H37FO/c1-3-16-39-38(37-25-13-24-36(29-37)34-20-9-6-10-21-34)26-15-27-40(39)42-31-45-43(30-44(42)47)41-28-14-23-35(46(41)48-45)22-12-11-17-32(4-2)33-18-7-5-8-19-33/h4-15,17-21,23-31H,2-3,16,22H2,1H3/b12-11-,32-17+. The van der Waals surface area contributed by atoms with E-state index in [1.807, 2.05) is 60.7 Å². The summed E-state index contributed by atoms with van der Waals surface area (Å²) in [6, 6.07) is 45.1. The van der Waals surface area contributed by atoms with E-state index in [0.717, 1.165) is 73.7 Å². The van der Waals surface area contributed by atoms with Crippen LogP contribution in [0.15, 0.2) is 169 Å². The summed E-state index contributed by atoms with van der Waals surface area (Å²) in [6.07, 6.45) is 10.6. The lowest BCUT2D eigenvalue weighted by molar-refractivity contribution is 0.629. The first kappa shape index (κ1) is 30.9. The van der Waals surface area contributed by atoms with Gasteiger partial charge >= 0.3 is 0 Å². The van der Waals surface area contributed by atoms with Crippen molar-refractivity contribution in [3.8, 4) is 33.4 Å². The van der Waals surface area contributed by atoms with E-state index in [-0.39, 0.29) is 5.82 Å². The van der Waals surface area contributed by atoms with Crippen LogP contribution in [0.25, 0.3) is 60.9 Å². The molecule has 0 amide bonds. The molecule has 0 fully saturated rings. The zero-order chi connectivity index (χ0) is 32.9. The molecule has 0 radical (unpaired) electrons. The predicted octanol–water partition coefficient (Wildman–Crippen LogP) is 13.0. The minimum Gasteiger partial charge on any atom is -0.456 e. The highest BCUT2D eigenvalue weighted by Gasteiger charge is 2.19. The van der Waals surface area contributed by atoms with Gasteiger partial charge in [-0.25, -0.2) is 4.39 Å². The van der Waals surface area contributed by atoms with Crippen LogP contribution in [-0.4, -0.2) is 0 Å². The average molecular weight is 625 g/mol. The summed E-state index contributed by atoms with van der Waals surface area (Å²) < 4.78 is 22.7. The molecule has 6 aromatic carbocycles. The molecule has 0 spiro atoms. The molecular formula is C46H37FO. The number of hydrogen-bond acceptors (Lipinski definition) is 1. The quantitative estimate of drug-likeness (QED) is 0.138. The fourth-order valence-corrected chi connectivity index (χ4v) is 6.65. The fourth-order valence-electron chi connectivity index (χ4n) is 6.65. The molecule has 234 valence electrons. The molecule has 1 aromatic heterocycles. The Morgan fingerprint density at radius 3 is 2.19 bits per heavy atom. The van der Waals surface area contributed by atoms with E-state index in [9.17, 15) is 0 Å². The van der Waals surface area contributed by atoms with E-state index >= 15 is 4.39 Å². The summed E-state index contributed by atoms with van der Waals surface area (Å²) in [4.78, 5) is 0. The van der Waals surface area contributed by atoms with Crippen molar-refractivity contribution in [2.45, 2.75) is 26.2 Å². The Labute approximate surface area is 282 Å². The molecular weight excluding hydrogens is 588 g/mol. The summed E-state index contributed by atoms with van der Waals surface area (Å²) >= 11 is 0. The topological polar surface area (TPSA) is 13.1 Å². The summed E-state index contributed by atoms with van der Waals surface area (Å²) in [5.41, 5.74) is 11.9. The van der Waals surface area contributed by atoms with E-state index < -0.39 is 0 Å². The van der Waals surface area contributed by atoms with E-state index in [1.54, 1.807) is 6.07 Å². The van der Waals surface area contributed by atoms with E-state index in [0.29, 0.717) is 17.6 Å². The van der Waals surface area contributed by atoms with Gasteiger partial charge in [-0.1, -0.05) is 159 Å². The molecule has 0 bridgehead atoms. The van der Waals surface area contributed by atoms with Crippen LogP contribution in [0.1, 0.15) is 30.0 Å². The van der Waals surface area contributed by atoms with Crippen LogP contribution in [0, 0.1) is 5.82 Å². The molecule has 1 nitrogen and oxygen atoms in total. The van der Waals surface area contributed by atoms with Gasteiger partial charge in [0.25, 0.3) is 0 Å². The number of allylic oxidation sites excluding steroid dienone is 5. The first-order valence-electron chi connectivity index (χ1n) is 16.6. The summed E-state index contributed by atoms with van der Waals surface area (Å²) in [5, 5.41) is 1.71. The Morgan fingerprint density at radius 1 is 0.688 bits per heavy atom. The Kier molecular flexibility index (Phi) is 8.98. The SMILES string of the molecule is C=C/C(=C\C=C/Cc1cccc2c1oc1cc(-c3cccc(-c4cccc(-c5ccccc5)c4)c3CCC)c(F)cc12)c1ccccc1. The molecule has 0 aliphatic heterocycles. The average Bonchev–Trinajstić information content (AvgIpc) is 3.50. The Balaban J connectivity index is 1.26. The van der Waals surface area contributed by atoms with Crippen molar-refractivity contribution in [1.82, 2.24) is 0 Å². The fraction of sp³-hybridized carbons (Fsp3) is 0.0870. The highest BCUT2D eigenvalue weighted by Crippen LogP contribution is 2.40. The van der Waals surface area contributed by atoms with Crippen molar-refractivity contribution in [1.29, 1.82) is 0 Å². The lowest BCUT2D eigenvalue weighted by atomic mass is 9.88. The van der Waals surface area contributed by atoms with Gasteiger partial charge in [0.05, 0.1) is 0 Å². The molecule has 0 saturated carbocycles. The van der Waals surface area contributed by atoms with Crippen LogP contribution < -0.4 is 0 Å². The highest BCUT2D eigenvalue weighted by atomic mass is 19.1. The third kappa shape index (κ3) is 6.18. The zero-order valence-corrected chi connectivity index (χ0v) is 27.1. The monoisotopic (exact) mass is 624 g/mol. The number of fused-ring (bicyclic) bond motifs is 3. The zero-order valence-electron chi connectivity index (χ0n) is 27.1. The number of furan rings is 1. The second-order valence-corrected chi connectivity index (χ2v) is 12.1. The molecule has 0 saturated heterocycles. The second-order valence-electron chi connectivity index (χ2n) is 12.1. The molecule has 0 unspecified atom stereocenters. The molecule has 0 aliphatic carbocycles. The number of hydrogen-bond donors (Lipinski definition) is 0.